The monoisotopic (exact) mass is 476 g/mol. The zero-order chi connectivity index (χ0) is 17.1. The van der Waals surface area contributed by atoms with E-state index in [-0.39, 0.29) is 58.9 Å². The molecule has 0 N–H and O–H groups in total. The van der Waals surface area contributed by atoms with Crippen molar-refractivity contribution in [2.24, 2.45) is 29.6 Å². The fraction of sp³-hybridized carbons (Fsp3) is 0.625. The van der Waals surface area contributed by atoms with Crippen LogP contribution in [-0.2, 0) is 21.7 Å². The van der Waals surface area contributed by atoms with Gasteiger partial charge >= 0.3 is 21.7 Å². The minimum absolute atomic E-state index is 0. The molecule has 0 amide bonds. The van der Waals surface area contributed by atoms with Gasteiger partial charge < -0.3 is 37.2 Å². The van der Waals surface area contributed by atoms with Crippen LogP contribution in [0.25, 0.3) is 0 Å². The first-order valence-electron chi connectivity index (χ1n) is 10.1. The second kappa shape index (κ2) is 14.4. The SMILES string of the molecule is CC1CC(C)C2CCC=CC=C12.C[C-]1CC(C)C2CCC=CC=C12.[Cl-].[Cl-].[Cl-].[Ti+4]. The first-order valence-corrected chi connectivity index (χ1v) is 10.1. The minimum Gasteiger partial charge on any atom is -1.00 e. The summed E-state index contributed by atoms with van der Waals surface area (Å²) in [6, 6.07) is 0. The number of hydrogen-bond acceptors (Lipinski definition) is 0. The van der Waals surface area contributed by atoms with E-state index in [1.807, 2.05) is 0 Å². The van der Waals surface area contributed by atoms with Gasteiger partial charge in [0, 0.05) is 0 Å². The van der Waals surface area contributed by atoms with Crippen LogP contribution in [0.15, 0.2) is 47.6 Å². The molecule has 5 unspecified atom stereocenters. The van der Waals surface area contributed by atoms with Crippen molar-refractivity contribution in [2.75, 3.05) is 0 Å². The van der Waals surface area contributed by atoms with Crippen LogP contribution in [0.2, 0.25) is 0 Å². The van der Waals surface area contributed by atoms with E-state index in [2.05, 4.69) is 64.2 Å². The molecule has 0 saturated heterocycles. The molecule has 0 nitrogen and oxygen atoms in total. The van der Waals surface area contributed by atoms with Crippen molar-refractivity contribution < 1.29 is 58.9 Å². The van der Waals surface area contributed by atoms with Crippen LogP contribution in [0.4, 0.5) is 0 Å². The van der Waals surface area contributed by atoms with Crippen LogP contribution in [0, 0.1) is 35.5 Å². The van der Waals surface area contributed by atoms with Gasteiger partial charge in [0.25, 0.3) is 0 Å². The van der Waals surface area contributed by atoms with Gasteiger partial charge in [0.1, 0.15) is 0 Å². The van der Waals surface area contributed by atoms with Crippen molar-refractivity contribution in [3.05, 3.63) is 53.5 Å². The van der Waals surface area contributed by atoms with E-state index in [1.54, 1.807) is 17.1 Å². The molecule has 0 spiro atoms. The van der Waals surface area contributed by atoms with Gasteiger partial charge in [0.2, 0.25) is 0 Å². The fourth-order valence-electron chi connectivity index (χ4n) is 5.46. The Morgan fingerprint density at radius 2 is 1.39 bits per heavy atom. The summed E-state index contributed by atoms with van der Waals surface area (Å²) in [6.07, 6.45) is 21.8. The molecule has 28 heavy (non-hydrogen) atoms. The van der Waals surface area contributed by atoms with E-state index in [0.29, 0.717) is 0 Å². The first kappa shape index (κ1) is 30.6. The Bertz CT molecular complexity index is 514. The van der Waals surface area contributed by atoms with Gasteiger partial charge in [0.15, 0.2) is 0 Å². The maximum absolute atomic E-state index is 2.41. The molecule has 2 fully saturated rings. The van der Waals surface area contributed by atoms with E-state index in [4.69, 9.17) is 0 Å². The van der Waals surface area contributed by atoms with Crippen LogP contribution < -0.4 is 37.2 Å². The Morgan fingerprint density at radius 3 is 2.04 bits per heavy atom. The Morgan fingerprint density at radius 1 is 0.821 bits per heavy atom. The Kier molecular flexibility index (Phi) is 15.8. The van der Waals surface area contributed by atoms with Crippen molar-refractivity contribution in [1.82, 2.24) is 0 Å². The Hall–Kier alpha value is 0.414. The maximum Gasteiger partial charge on any atom is 4.00 e. The summed E-state index contributed by atoms with van der Waals surface area (Å²) in [5.74, 6) is 6.03. The van der Waals surface area contributed by atoms with Gasteiger partial charge in [-0.3, -0.25) is 0 Å². The number of hydrogen-bond donors (Lipinski definition) is 0. The average molecular weight is 478 g/mol. The van der Waals surface area contributed by atoms with Crippen molar-refractivity contribution in [2.45, 2.75) is 66.2 Å². The number of halogens is 3. The summed E-state index contributed by atoms with van der Waals surface area (Å²) >= 11 is 0. The van der Waals surface area contributed by atoms with Crippen molar-refractivity contribution >= 4 is 0 Å². The quantitative estimate of drug-likeness (QED) is 0.282. The molecule has 4 aliphatic carbocycles. The summed E-state index contributed by atoms with van der Waals surface area (Å²) in [4.78, 5) is 0. The Balaban J connectivity index is 0. The normalized spacial score (nSPS) is 32.1. The van der Waals surface area contributed by atoms with E-state index in [9.17, 15) is 0 Å². The molecule has 2 saturated carbocycles. The summed E-state index contributed by atoms with van der Waals surface area (Å²) < 4.78 is 0. The molecular weight excluding hydrogens is 442 g/mol. The zero-order valence-electron chi connectivity index (χ0n) is 17.7. The molecule has 0 aliphatic heterocycles. The number of rotatable bonds is 0. The second-order valence-corrected chi connectivity index (χ2v) is 8.59. The molecule has 5 atom stereocenters. The maximum atomic E-state index is 2.41. The number of allylic oxidation sites excluding steroid dienone is 8. The molecule has 4 aliphatic rings. The summed E-state index contributed by atoms with van der Waals surface area (Å²) in [5.41, 5.74) is 3.35. The van der Waals surface area contributed by atoms with Gasteiger partial charge in [-0.15, -0.1) is 19.1 Å². The summed E-state index contributed by atoms with van der Waals surface area (Å²) in [5, 5.41) is 0. The molecule has 0 bridgehead atoms. The summed E-state index contributed by atoms with van der Waals surface area (Å²) in [7, 11) is 0. The standard InChI is InChI=1S/C12H18.C12H17.3ClH.Ti/c2*1-9-8-10(2)12-7-5-3-4-6-11(9)12;;;;/h3-4,6,9-10,12H,5,7-8H2,1-2H3;3-4,6,10,12H,5,7-8H2,1-2H3;3*1H;/q;-1;;;;+4/p-3. The molecule has 4 heteroatoms. The van der Waals surface area contributed by atoms with Crippen LogP contribution in [-0.4, -0.2) is 0 Å². The topological polar surface area (TPSA) is 0 Å². The van der Waals surface area contributed by atoms with E-state index >= 15 is 0 Å². The molecular formula is C24H35Cl3Ti. The van der Waals surface area contributed by atoms with Gasteiger partial charge in [0.05, 0.1) is 0 Å². The van der Waals surface area contributed by atoms with Crippen molar-refractivity contribution in [3.8, 4) is 0 Å². The van der Waals surface area contributed by atoms with Crippen molar-refractivity contribution in [1.29, 1.82) is 0 Å². The van der Waals surface area contributed by atoms with Crippen molar-refractivity contribution in [3.63, 3.8) is 0 Å². The second-order valence-electron chi connectivity index (χ2n) is 8.59. The van der Waals surface area contributed by atoms with Crippen LogP contribution in [0.5, 0.6) is 0 Å². The predicted molar refractivity (Wildman–Crippen MR) is 106 cm³/mol. The van der Waals surface area contributed by atoms with Gasteiger partial charge in [-0.05, 0) is 55.8 Å². The van der Waals surface area contributed by atoms with E-state index in [0.717, 1.165) is 29.6 Å². The third-order valence-corrected chi connectivity index (χ3v) is 6.74. The van der Waals surface area contributed by atoms with E-state index in [1.165, 1.54) is 38.5 Å². The van der Waals surface area contributed by atoms with Crippen LogP contribution in [0.3, 0.4) is 0 Å². The molecule has 156 valence electrons. The first-order chi connectivity index (χ1) is 11.6. The molecule has 0 aromatic carbocycles. The van der Waals surface area contributed by atoms with Crippen LogP contribution >= 0.6 is 0 Å². The third-order valence-electron chi connectivity index (χ3n) is 6.74. The molecule has 0 aromatic heterocycles. The zero-order valence-corrected chi connectivity index (χ0v) is 21.6. The third kappa shape index (κ3) is 7.28. The van der Waals surface area contributed by atoms with Gasteiger partial charge in [-0.25, -0.2) is 17.6 Å². The average Bonchev–Trinajstić information content (AvgIpc) is 2.85. The molecule has 0 radical (unpaired) electrons. The smallest absolute Gasteiger partial charge is 1.00 e. The fourth-order valence-corrected chi connectivity index (χ4v) is 5.46. The minimum atomic E-state index is 0. The summed E-state index contributed by atoms with van der Waals surface area (Å²) in [6.45, 7) is 9.47. The van der Waals surface area contributed by atoms with Gasteiger partial charge in [-0.2, -0.15) is 0 Å². The van der Waals surface area contributed by atoms with Crippen LogP contribution in [0.1, 0.15) is 66.2 Å². The predicted octanol–water partition coefficient (Wildman–Crippen LogP) is -1.92. The molecule has 0 heterocycles. The van der Waals surface area contributed by atoms with E-state index < -0.39 is 0 Å². The largest absolute Gasteiger partial charge is 4.00 e. The molecule has 0 aromatic rings. The number of fused-ring (bicyclic) bond motifs is 2. The Labute approximate surface area is 207 Å². The molecule has 4 rings (SSSR count). The van der Waals surface area contributed by atoms with Gasteiger partial charge in [-0.1, -0.05) is 56.9 Å².